The molecule has 3 rings (SSSR count). The van der Waals surface area contributed by atoms with Crippen LogP contribution in [0.1, 0.15) is 43.9 Å². The number of thioether (sulfide) groups is 1. The summed E-state index contributed by atoms with van der Waals surface area (Å²) in [5.41, 5.74) is 2.28. The van der Waals surface area contributed by atoms with E-state index in [9.17, 15) is 9.59 Å². The van der Waals surface area contributed by atoms with Crippen molar-refractivity contribution in [1.82, 2.24) is 10.6 Å². The number of thiocarbonyl (C=S) groups is 1. The van der Waals surface area contributed by atoms with Gasteiger partial charge in [-0.15, -0.1) is 0 Å². The number of amides is 2. The van der Waals surface area contributed by atoms with Crippen LogP contribution in [0.3, 0.4) is 0 Å². The highest BCUT2D eigenvalue weighted by molar-refractivity contribution is 8.22. The lowest BCUT2D eigenvalue weighted by atomic mass is 9.93. The van der Waals surface area contributed by atoms with E-state index >= 15 is 0 Å². The van der Waals surface area contributed by atoms with Gasteiger partial charge in [0.1, 0.15) is 18.3 Å². The van der Waals surface area contributed by atoms with Gasteiger partial charge in [0, 0.05) is 12.5 Å². The molecule has 2 N–H and O–H groups in total. The van der Waals surface area contributed by atoms with Crippen LogP contribution in [0.25, 0.3) is 0 Å². The number of carbonyl (C=O) groups excluding carboxylic acids is 2. The predicted molar refractivity (Wildman–Crippen MR) is 173 cm³/mol. The van der Waals surface area contributed by atoms with Crippen LogP contribution < -0.4 is 10.6 Å². The number of hydrogen-bond acceptors (Lipinski definition) is 7. The molecule has 0 spiro atoms. The first kappa shape index (κ1) is 32.9. The first-order valence-electron chi connectivity index (χ1n) is 13.9. The number of benzene rings is 3. The van der Waals surface area contributed by atoms with Crippen molar-refractivity contribution in [2.45, 2.75) is 70.4 Å². The largest absolute Gasteiger partial charge is 0.473 e. The van der Waals surface area contributed by atoms with Crippen molar-refractivity contribution in [1.29, 1.82) is 0 Å². The molecule has 3 aromatic carbocycles. The Morgan fingerprint density at radius 3 is 1.83 bits per heavy atom. The highest BCUT2D eigenvalue weighted by Gasteiger charge is 2.31. The molecule has 0 fully saturated rings. The van der Waals surface area contributed by atoms with Crippen LogP contribution in [-0.2, 0) is 33.7 Å². The average Bonchev–Trinajstić information content (AvgIpc) is 2.96. The van der Waals surface area contributed by atoms with E-state index in [1.54, 1.807) is 0 Å². The minimum absolute atomic E-state index is 0.135. The summed E-state index contributed by atoms with van der Waals surface area (Å²) in [6.07, 6.45) is 1.51. The molecule has 0 radical (unpaired) electrons. The Morgan fingerprint density at radius 1 is 0.786 bits per heavy atom. The topological polar surface area (TPSA) is 85.9 Å². The van der Waals surface area contributed by atoms with Crippen molar-refractivity contribution in [3.05, 3.63) is 108 Å². The van der Waals surface area contributed by atoms with Crippen LogP contribution in [-0.4, -0.2) is 46.6 Å². The Balaban J connectivity index is 1.87. The van der Waals surface area contributed by atoms with Crippen molar-refractivity contribution >= 4 is 40.5 Å². The van der Waals surface area contributed by atoms with Gasteiger partial charge in [-0.05, 0) is 68.8 Å². The maximum absolute atomic E-state index is 13.1. The Kier molecular flexibility index (Phi) is 13.2. The molecular formula is C33H40N2O5S2. The summed E-state index contributed by atoms with van der Waals surface area (Å²) >= 11 is 6.78. The van der Waals surface area contributed by atoms with E-state index in [4.69, 9.17) is 26.4 Å². The second-order valence-corrected chi connectivity index (χ2v) is 12.3. The molecule has 7 nitrogen and oxygen atoms in total. The quantitative estimate of drug-likeness (QED) is 0.213. The summed E-state index contributed by atoms with van der Waals surface area (Å²) in [7, 11) is 0. The van der Waals surface area contributed by atoms with Gasteiger partial charge < -0.3 is 24.8 Å². The zero-order valence-electron chi connectivity index (χ0n) is 24.6. The summed E-state index contributed by atoms with van der Waals surface area (Å²) < 4.78 is 17.8. The van der Waals surface area contributed by atoms with Crippen LogP contribution in [0.4, 0.5) is 9.59 Å². The molecule has 9 heteroatoms. The Morgan fingerprint density at radius 2 is 1.31 bits per heavy atom. The van der Waals surface area contributed by atoms with Crippen molar-refractivity contribution < 1.29 is 23.8 Å². The molecule has 0 aliphatic rings. The van der Waals surface area contributed by atoms with Gasteiger partial charge in [0.25, 0.3) is 0 Å². The highest BCUT2D eigenvalue weighted by atomic mass is 32.2. The van der Waals surface area contributed by atoms with Gasteiger partial charge in [-0.2, -0.15) is 0 Å². The number of ether oxygens (including phenoxy) is 3. The first-order valence-corrected chi connectivity index (χ1v) is 15.5. The maximum Gasteiger partial charge on any atom is 0.407 e. The molecule has 2 amide bonds. The van der Waals surface area contributed by atoms with Crippen LogP contribution in [0, 0.1) is 0 Å². The third-order valence-corrected chi connectivity index (χ3v) is 7.27. The minimum Gasteiger partial charge on any atom is -0.473 e. The van der Waals surface area contributed by atoms with Gasteiger partial charge in [0.05, 0.1) is 6.04 Å². The van der Waals surface area contributed by atoms with Crippen LogP contribution >= 0.6 is 24.0 Å². The molecule has 0 aliphatic heterocycles. The van der Waals surface area contributed by atoms with Gasteiger partial charge in [-0.25, -0.2) is 9.59 Å². The summed E-state index contributed by atoms with van der Waals surface area (Å²) in [5.74, 6) is 0. The zero-order valence-corrected chi connectivity index (χ0v) is 26.2. The average molecular weight is 609 g/mol. The van der Waals surface area contributed by atoms with Crippen LogP contribution in [0.15, 0.2) is 91.0 Å². The molecule has 0 aliphatic carbocycles. The number of carbonyl (C=O) groups is 2. The molecule has 0 bridgehead atoms. The normalized spacial score (nSPS) is 13.2. The van der Waals surface area contributed by atoms with E-state index in [0.717, 1.165) is 16.7 Å². The second kappa shape index (κ2) is 16.8. The van der Waals surface area contributed by atoms with Crippen molar-refractivity contribution in [2.75, 3.05) is 6.26 Å². The molecule has 3 atom stereocenters. The fourth-order valence-electron chi connectivity index (χ4n) is 4.37. The third kappa shape index (κ3) is 12.5. The van der Waals surface area contributed by atoms with Gasteiger partial charge in [0.2, 0.25) is 4.38 Å². The molecule has 3 aromatic rings. The lowest BCUT2D eigenvalue weighted by Gasteiger charge is -2.32. The fourth-order valence-corrected chi connectivity index (χ4v) is 4.72. The summed E-state index contributed by atoms with van der Waals surface area (Å²) in [6.45, 7) is 5.60. The monoisotopic (exact) mass is 608 g/mol. The number of alkyl carbamates (subject to hydrolysis) is 2. The smallest absolute Gasteiger partial charge is 0.407 e. The van der Waals surface area contributed by atoms with E-state index in [1.165, 1.54) is 11.8 Å². The van der Waals surface area contributed by atoms with Crippen molar-refractivity contribution in [3.63, 3.8) is 0 Å². The van der Waals surface area contributed by atoms with Gasteiger partial charge in [-0.1, -0.05) is 103 Å². The van der Waals surface area contributed by atoms with E-state index in [-0.39, 0.29) is 12.6 Å². The van der Waals surface area contributed by atoms with Crippen LogP contribution in [0.5, 0.6) is 0 Å². The summed E-state index contributed by atoms with van der Waals surface area (Å²) in [6, 6.07) is 28.3. The number of hydrogen-bond donors (Lipinski definition) is 2. The lowest BCUT2D eigenvalue weighted by molar-refractivity contribution is 0.0474. The van der Waals surface area contributed by atoms with Gasteiger partial charge in [-0.3, -0.25) is 0 Å². The van der Waals surface area contributed by atoms with E-state index in [0.29, 0.717) is 23.6 Å². The lowest BCUT2D eigenvalue weighted by Crippen LogP contribution is -2.50. The van der Waals surface area contributed by atoms with E-state index in [1.807, 2.05) is 118 Å². The Labute approximate surface area is 258 Å². The summed E-state index contributed by atoms with van der Waals surface area (Å²) in [4.78, 5) is 26.0. The number of nitrogens with one attached hydrogen (secondary N) is 2. The Hall–Kier alpha value is -3.56. The predicted octanol–water partition coefficient (Wildman–Crippen LogP) is 7.08. The Bertz CT molecular complexity index is 1250. The van der Waals surface area contributed by atoms with Gasteiger partial charge >= 0.3 is 12.2 Å². The van der Waals surface area contributed by atoms with E-state index < -0.39 is 29.9 Å². The third-order valence-electron chi connectivity index (χ3n) is 6.24. The van der Waals surface area contributed by atoms with E-state index in [2.05, 4.69) is 10.6 Å². The fraction of sp³-hybridized carbons (Fsp3) is 0.364. The first-order chi connectivity index (χ1) is 20.1. The molecule has 224 valence electrons. The number of rotatable bonds is 12. The molecule has 0 aromatic heterocycles. The highest BCUT2D eigenvalue weighted by Crippen LogP contribution is 2.20. The minimum atomic E-state index is -0.655. The van der Waals surface area contributed by atoms with Crippen molar-refractivity contribution in [2.24, 2.45) is 0 Å². The standard InChI is InChI=1S/C33H40N2O5S2/c1-33(2,3)40-31(37)34-27(20-24-14-8-5-9-15-24)22-29(39-32(41)42-4)28(21-25-16-10-6-11-17-25)35-30(36)38-23-26-18-12-7-13-19-26/h5-19,27-29H,20-23H2,1-4H3,(H,34,37)(H,35,36). The molecule has 0 heterocycles. The van der Waals surface area contributed by atoms with Crippen LogP contribution in [0.2, 0.25) is 0 Å². The molecule has 0 saturated carbocycles. The van der Waals surface area contributed by atoms with Crippen molar-refractivity contribution in [3.8, 4) is 0 Å². The molecule has 42 heavy (non-hydrogen) atoms. The maximum atomic E-state index is 13.1. The second-order valence-electron chi connectivity index (χ2n) is 10.9. The van der Waals surface area contributed by atoms with Gasteiger partial charge in [0.15, 0.2) is 0 Å². The SMILES string of the molecule is CSC(=S)OC(CC(Cc1ccccc1)NC(=O)OC(C)(C)C)C(Cc1ccccc1)NC(=O)OCc1ccccc1. The summed E-state index contributed by atoms with van der Waals surface area (Å²) in [5, 5.41) is 6.05. The molecule has 0 saturated heterocycles. The molecule has 3 unspecified atom stereocenters. The molecular weight excluding hydrogens is 569 g/mol. The zero-order chi connectivity index (χ0) is 30.4.